The molecule has 0 amide bonds. The first-order chi connectivity index (χ1) is 10.4. The fraction of sp³-hybridized carbons (Fsp3) is 0.588. The van der Waals surface area contributed by atoms with E-state index in [0.29, 0.717) is 5.88 Å². The van der Waals surface area contributed by atoms with Gasteiger partial charge in [0.25, 0.3) is 0 Å². The molecule has 1 aromatic heterocycles. The van der Waals surface area contributed by atoms with Crippen LogP contribution in [0.5, 0.6) is 5.88 Å². The Labute approximate surface area is 133 Å². The molecule has 1 aromatic rings. The van der Waals surface area contributed by atoms with E-state index in [9.17, 15) is 0 Å². The van der Waals surface area contributed by atoms with E-state index in [4.69, 9.17) is 14.0 Å². The summed E-state index contributed by atoms with van der Waals surface area (Å²) in [6.07, 6.45) is 6.35. The van der Waals surface area contributed by atoms with Crippen molar-refractivity contribution >= 4 is 13.2 Å². The predicted octanol–water partition coefficient (Wildman–Crippen LogP) is 3.52. The molecule has 2 heterocycles. The zero-order chi connectivity index (χ0) is 15.8. The van der Waals surface area contributed by atoms with E-state index >= 15 is 0 Å². The van der Waals surface area contributed by atoms with Gasteiger partial charge in [0.2, 0.25) is 5.88 Å². The van der Waals surface area contributed by atoms with Crippen LogP contribution in [0.15, 0.2) is 24.3 Å². The lowest BCUT2D eigenvalue weighted by Crippen LogP contribution is -2.41. The summed E-state index contributed by atoms with van der Waals surface area (Å²) in [5, 5.41) is 0. The van der Waals surface area contributed by atoms with Crippen LogP contribution < -0.4 is 4.74 Å². The normalized spacial score (nSPS) is 23.2. The van der Waals surface area contributed by atoms with Crippen LogP contribution in [-0.4, -0.2) is 29.9 Å². The molecule has 0 spiro atoms. The average Bonchev–Trinajstić information content (AvgIpc) is 3.23. The van der Waals surface area contributed by atoms with Crippen molar-refractivity contribution in [3.63, 3.8) is 0 Å². The van der Waals surface area contributed by atoms with Crippen molar-refractivity contribution in [1.29, 1.82) is 0 Å². The van der Waals surface area contributed by atoms with Crippen molar-refractivity contribution < 1.29 is 14.0 Å². The first-order valence-corrected chi connectivity index (χ1v) is 7.98. The fourth-order valence-electron chi connectivity index (χ4n) is 2.22. The molecule has 22 heavy (non-hydrogen) atoms. The predicted molar refractivity (Wildman–Crippen MR) is 87.6 cm³/mol. The molecule has 0 unspecified atom stereocenters. The number of aromatic nitrogens is 1. The average molecular weight is 301 g/mol. The van der Waals surface area contributed by atoms with Crippen LogP contribution in [0.3, 0.4) is 0 Å². The molecule has 118 valence electrons. The third kappa shape index (κ3) is 3.53. The van der Waals surface area contributed by atoms with Gasteiger partial charge in [-0.2, -0.15) is 0 Å². The Morgan fingerprint density at radius 2 is 1.91 bits per heavy atom. The summed E-state index contributed by atoms with van der Waals surface area (Å²) >= 11 is 0. The smallest absolute Gasteiger partial charge is 0.477 e. The lowest BCUT2D eigenvalue weighted by atomic mass is 9.89. The third-order valence-corrected chi connectivity index (χ3v) is 4.64. The number of rotatable bonds is 5. The quantitative estimate of drug-likeness (QED) is 0.780. The maximum atomic E-state index is 5.93. The Balaban J connectivity index is 1.56. The van der Waals surface area contributed by atoms with Gasteiger partial charge in [-0.1, -0.05) is 12.1 Å². The molecule has 1 saturated heterocycles. The monoisotopic (exact) mass is 301 g/mol. The van der Waals surface area contributed by atoms with E-state index in [1.54, 1.807) is 0 Å². The van der Waals surface area contributed by atoms with Crippen molar-refractivity contribution in [2.75, 3.05) is 6.61 Å². The number of pyridine rings is 1. The van der Waals surface area contributed by atoms with Gasteiger partial charge < -0.3 is 14.0 Å². The molecule has 0 bridgehead atoms. The van der Waals surface area contributed by atoms with Crippen LogP contribution >= 0.6 is 0 Å². The molecule has 5 heteroatoms. The lowest BCUT2D eigenvalue weighted by molar-refractivity contribution is 0.00578. The van der Waals surface area contributed by atoms with Crippen molar-refractivity contribution in [3.05, 3.63) is 29.9 Å². The van der Waals surface area contributed by atoms with Gasteiger partial charge in [-0.25, -0.2) is 4.98 Å². The molecule has 3 rings (SSSR count). The molecule has 0 N–H and O–H groups in total. The summed E-state index contributed by atoms with van der Waals surface area (Å²) in [7, 11) is -0.323. The summed E-state index contributed by atoms with van der Waals surface area (Å²) in [6, 6.07) is 3.91. The first-order valence-electron chi connectivity index (χ1n) is 7.98. The van der Waals surface area contributed by atoms with Crippen molar-refractivity contribution in [2.24, 2.45) is 5.92 Å². The summed E-state index contributed by atoms with van der Waals surface area (Å²) in [5.74, 6) is 3.36. The SMILES string of the molecule is CC1(C)OB(/C=C/c2ccc(OCC3CC3)nc2)OC1(C)C. The molecular weight excluding hydrogens is 277 g/mol. The van der Waals surface area contributed by atoms with E-state index < -0.39 is 0 Å². The third-order valence-electron chi connectivity index (χ3n) is 4.64. The second-order valence-corrected chi connectivity index (χ2v) is 7.17. The number of ether oxygens (including phenoxy) is 1. The molecule has 0 atom stereocenters. The molecule has 1 aliphatic carbocycles. The van der Waals surface area contributed by atoms with Crippen LogP contribution in [-0.2, 0) is 9.31 Å². The van der Waals surface area contributed by atoms with E-state index in [2.05, 4.69) is 4.98 Å². The number of hydrogen-bond donors (Lipinski definition) is 0. The van der Waals surface area contributed by atoms with Crippen LogP contribution in [0.4, 0.5) is 0 Å². The van der Waals surface area contributed by atoms with Crippen LogP contribution in [0, 0.1) is 5.92 Å². The van der Waals surface area contributed by atoms with Crippen LogP contribution in [0.1, 0.15) is 46.1 Å². The first kappa shape index (κ1) is 15.6. The highest BCUT2D eigenvalue weighted by molar-refractivity contribution is 6.52. The maximum Gasteiger partial charge on any atom is 0.487 e. The largest absolute Gasteiger partial charge is 0.487 e. The van der Waals surface area contributed by atoms with Gasteiger partial charge >= 0.3 is 7.12 Å². The van der Waals surface area contributed by atoms with Crippen molar-refractivity contribution in [1.82, 2.24) is 4.98 Å². The summed E-state index contributed by atoms with van der Waals surface area (Å²) in [5.41, 5.74) is 0.398. The molecular formula is C17H24BNO3. The summed E-state index contributed by atoms with van der Waals surface area (Å²) in [6.45, 7) is 8.99. The fourth-order valence-corrected chi connectivity index (χ4v) is 2.22. The minimum Gasteiger partial charge on any atom is -0.477 e. The zero-order valence-electron chi connectivity index (χ0n) is 13.8. The summed E-state index contributed by atoms with van der Waals surface area (Å²) in [4.78, 5) is 4.33. The Kier molecular flexibility index (Phi) is 4.04. The van der Waals surface area contributed by atoms with Gasteiger partial charge in [0.15, 0.2) is 0 Å². The van der Waals surface area contributed by atoms with E-state index in [1.165, 1.54) is 12.8 Å². The maximum absolute atomic E-state index is 5.93. The van der Waals surface area contributed by atoms with Crippen molar-refractivity contribution in [3.8, 4) is 5.88 Å². The Morgan fingerprint density at radius 1 is 1.23 bits per heavy atom. The highest BCUT2D eigenvalue weighted by Crippen LogP contribution is 2.37. The van der Waals surface area contributed by atoms with Gasteiger partial charge in [-0.3, -0.25) is 0 Å². The highest BCUT2D eigenvalue weighted by Gasteiger charge is 2.49. The molecule has 2 fully saturated rings. The van der Waals surface area contributed by atoms with Crippen LogP contribution in [0.25, 0.3) is 6.08 Å². The standard InChI is InChI=1S/C17H24BNO3/c1-16(2)17(3,4)22-18(21-16)10-9-13-7-8-15(19-11-13)20-12-14-5-6-14/h7-11,14H,5-6,12H2,1-4H3/b10-9+. The molecule has 4 nitrogen and oxygen atoms in total. The van der Waals surface area contributed by atoms with E-state index in [1.807, 2.05) is 58.1 Å². The Bertz CT molecular complexity index is 534. The second-order valence-electron chi connectivity index (χ2n) is 7.17. The van der Waals surface area contributed by atoms with Gasteiger partial charge in [0.05, 0.1) is 17.8 Å². The second kappa shape index (κ2) is 5.71. The highest BCUT2D eigenvalue weighted by atomic mass is 16.7. The minimum atomic E-state index is -0.323. The lowest BCUT2D eigenvalue weighted by Gasteiger charge is -2.32. The zero-order valence-corrected chi connectivity index (χ0v) is 13.8. The van der Waals surface area contributed by atoms with E-state index in [0.717, 1.165) is 18.1 Å². The Morgan fingerprint density at radius 3 is 2.45 bits per heavy atom. The molecule has 2 aliphatic rings. The van der Waals surface area contributed by atoms with Crippen LogP contribution in [0.2, 0.25) is 0 Å². The topological polar surface area (TPSA) is 40.6 Å². The molecule has 1 aliphatic heterocycles. The number of hydrogen-bond acceptors (Lipinski definition) is 4. The minimum absolute atomic E-state index is 0.305. The van der Waals surface area contributed by atoms with Gasteiger partial charge in [-0.05, 0) is 58.1 Å². The van der Waals surface area contributed by atoms with Gasteiger partial charge in [0, 0.05) is 12.3 Å². The molecule has 0 radical (unpaired) electrons. The van der Waals surface area contributed by atoms with E-state index in [-0.39, 0.29) is 18.3 Å². The number of nitrogens with zero attached hydrogens (tertiary/aromatic N) is 1. The molecule has 0 aromatic carbocycles. The Hall–Kier alpha value is -1.33. The van der Waals surface area contributed by atoms with Crippen molar-refractivity contribution in [2.45, 2.75) is 51.7 Å². The van der Waals surface area contributed by atoms with Gasteiger partial charge in [-0.15, -0.1) is 0 Å². The molecule has 1 saturated carbocycles. The summed E-state index contributed by atoms with van der Waals surface area (Å²) < 4.78 is 17.5. The van der Waals surface area contributed by atoms with Gasteiger partial charge in [0.1, 0.15) is 0 Å².